The Bertz CT molecular complexity index is 1020. The van der Waals surface area contributed by atoms with Crippen LogP contribution in [0.5, 0.6) is 0 Å². The number of nitrogens with one attached hydrogen (secondary N) is 1. The Hall–Kier alpha value is -2.87. The number of aromatic nitrogens is 3. The molecule has 0 aliphatic carbocycles. The quantitative estimate of drug-likeness (QED) is 0.459. The molecule has 0 spiro atoms. The van der Waals surface area contributed by atoms with Crippen LogP contribution in [0.25, 0.3) is 11.4 Å². The van der Waals surface area contributed by atoms with Crippen LogP contribution in [0.1, 0.15) is 36.9 Å². The fourth-order valence-electron chi connectivity index (χ4n) is 2.72. The van der Waals surface area contributed by atoms with Crippen LogP contribution in [0.2, 0.25) is 0 Å². The van der Waals surface area contributed by atoms with E-state index in [1.807, 2.05) is 45.4 Å². The number of benzene rings is 1. The highest BCUT2D eigenvalue weighted by atomic mass is 32.2. The zero-order valence-corrected chi connectivity index (χ0v) is 17.9. The van der Waals surface area contributed by atoms with E-state index in [1.54, 1.807) is 30.5 Å². The summed E-state index contributed by atoms with van der Waals surface area (Å²) in [6, 6.07) is 8.79. The summed E-state index contributed by atoms with van der Waals surface area (Å²) in [5.41, 5.74) is 2.14. The molecule has 1 unspecified atom stereocenters. The van der Waals surface area contributed by atoms with Crippen molar-refractivity contribution < 1.29 is 14.0 Å². The highest BCUT2D eigenvalue weighted by molar-refractivity contribution is 8.00. The van der Waals surface area contributed by atoms with Gasteiger partial charge < -0.3 is 14.3 Å². The molecule has 0 fully saturated rings. The van der Waals surface area contributed by atoms with Gasteiger partial charge in [-0.25, -0.2) is 0 Å². The molecule has 3 aromatic rings. The molecule has 1 amide bonds. The highest BCUT2D eigenvalue weighted by Gasteiger charge is 2.21. The molecule has 0 saturated heterocycles. The van der Waals surface area contributed by atoms with Gasteiger partial charge in [-0.1, -0.05) is 25.6 Å². The second-order valence-corrected chi connectivity index (χ2v) is 8.41. The van der Waals surface area contributed by atoms with Gasteiger partial charge in [0, 0.05) is 24.2 Å². The topological polar surface area (TPSA) is 90.0 Å². The van der Waals surface area contributed by atoms with Gasteiger partial charge in [0.05, 0.1) is 17.1 Å². The normalized spacial score (nSPS) is 12.2. The van der Waals surface area contributed by atoms with Gasteiger partial charge in [-0.15, -0.1) is 10.2 Å². The Morgan fingerprint density at radius 3 is 2.38 bits per heavy atom. The third-order valence-corrected chi connectivity index (χ3v) is 5.68. The smallest absolute Gasteiger partial charge is 0.226 e. The number of carbonyl (C=O) groups excluding carboxylic acids is 2. The zero-order valence-electron chi connectivity index (χ0n) is 17.1. The number of hydrogen-bond donors (Lipinski definition) is 1. The molecule has 1 N–H and O–H groups in total. The van der Waals surface area contributed by atoms with Gasteiger partial charge >= 0.3 is 0 Å². The van der Waals surface area contributed by atoms with Crippen LogP contribution in [0.4, 0.5) is 5.69 Å². The molecule has 152 valence electrons. The van der Waals surface area contributed by atoms with Crippen LogP contribution in [-0.2, 0) is 11.8 Å². The number of anilines is 1. The summed E-state index contributed by atoms with van der Waals surface area (Å²) in [7, 11) is 1.87. The average molecular weight is 413 g/mol. The van der Waals surface area contributed by atoms with Crippen LogP contribution in [0, 0.1) is 12.8 Å². The first-order chi connectivity index (χ1) is 13.8. The molecular weight excluding hydrogens is 388 g/mol. The number of Topliss-reactive ketones (excluding diaryl/α,β-unsaturated/α-hetero) is 1. The Morgan fingerprint density at radius 1 is 1.10 bits per heavy atom. The van der Waals surface area contributed by atoms with Crippen molar-refractivity contribution in [1.29, 1.82) is 0 Å². The lowest BCUT2D eigenvalue weighted by molar-refractivity contribution is -0.118. The fourth-order valence-corrected chi connectivity index (χ4v) is 3.61. The van der Waals surface area contributed by atoms with Gasteiger partial charge in [0.25, 0.3) is 0 Å². The summed E-state index contributed by atoms with van der Waals surface area (Å²) >= 11 is 1.36. The number of nitrogens with zero attached hydrogens (tertiary/aromatic N) is 3. The van der Waals surface area contributed by atoms with Crippen LogP contribution < -0.4 is 5.32 Å². The lowest BCUT2D eigenvalue weighted by Crippen LogP contribution is -2.18. The number of amides is 1. The number of rotatable bonds is 7. The monoisotopic (exact) mass is 412 g/mol. The minimum absolute atomic E-state index is 0.0132. The first-order valence-corrected chi connectivity index (χ1v) is 10.2. The molecule has 8 heteroatoms. The molecule has 7 nitrogen and oxygen atoms in total. The Kier molecular flexibility index (Phi) is 6.22. The summed E-state index contributed by atoms with van der Waals surface area (Å²) < 4.78 is 7.20. The summed E-state index contributed by atoms with van der Waals surface area (Å²) in [6.07, 6.45) is 1.62. The van der Waals surface area contributed by atoms with E-state index in [2.05, 4.69) is 15.5 Å². The van der Waals surface area contributed by atoms with Crippen LogP contribution in [0.15, 0.2) is 46.2 Å². The van der Waals surface area contributed by atoms with Crippen LogP contribution in [-0.4, -0.2) is 31.7 Å². The van der Waals surface area contributed by atoms with E-state index in [4.69, 9.17) is 4.42 Å². The van der Waals surface area contributed by atoms with E-state index >= 15 is 0 Å². The third-order valence-electron chi connectivity index (χ3n) is 4.55. The first kappa shape index (κ1) is 20.9. The minimum Gasteiger partial charge on any atom is -0.469 e. The van der Waals surface area contributed by atoms with Crippen LogP contribution >= 0.6 is 11.8 Å². The maximum absolute atomic E-state index is 12.8. The lowest BCUT2D eigenvalue weighted by atomic mass is 10.1. The van der Waals surface area contributed by atoms with Crippen molar-refractivity contribution in [3.05, 3.63) is 47.9 Å². The molecule has 0 saturated carbocycles. The number of thioether (sulfide) groups is 1. The molecule has 2 heterocycles. The third kappa shape index (κ3) is 4.59. The molecule has 0 bridgehead atoms. The zero-order chi connectivity index (χ0) is 21.1. The highest BCUT2D eigenvalue weighted by Crippen LogP contribution is 2.29. The standard InChI is InChI=1S/C21H24N4O3S/c1-12(2)20(27)22-16-8-6-15(7-9-16)18(26)14(4)29-21-24-23-19(25(21)5)17-10-11-28-13(17)3/h6-12,14H,1-5H3,(H,22,27). The number of aryl methyl sites for hydroxylation is 1. The number of carbonyl (C=O) groups is 2. The molecule has 0 radical (unpaired) electrons. The predicted molar refractivity (Wildman–Crippen MR) is 113 cm³/mol. The Morgan fingerprint density at radius 2 is 1.79 bits per heavy atom. The van der Waals surface area contributed by atoms with E-state index < -0.39 is 0 Å². The molecule has 3 rings (SSSR count). The molecule has 1 aromatic carbocycles. The SMILES string of the molecule is Cc1occc1-c1nnc(SC(C)C(=O)c2ccc(NC(=O)C(C)C)cc2)n1C. The van der Waals surface area contributed by atoms with Crippen molar-refractivity contribution in [1.82, 2.24) is 14.8 Å². The molecule has 1 atom stereocenters. The van der Waals surface area contributed by atoms with E-state index in [-0.39, 0.29) is 22.9 Å². The molecule has 29 heavy (non-hydrogen) atoms. The van der Waals surface area contributed by atoms with Crippen molar-refractivity contribution in [3.63, 3.8) is 0 Å². The molecule has 2 aromatic heterocycles. The second kappa shape index (κ2) is 8.65. The van der Waals surface area contributed by atoms with Crippen molar-refractivity contribution >= 4 is 29.1 Å². The van der Waals surface area contributed by atoms with Gasteiger partial charge in [0.15, 0.2) is 16.8 Å². The van der Waals surface area contributed by atoms with Gasteiger partial charge in [0.1, 0.15) is 5.76 Å². The van der Waals surface area contributed by atoms with E-state index in [0.717, 1.165) is 11.3 Å². The second-order valence-electron chi connectivity index (χ2n) is 7.10. The average Bonchev–Trinajstić information content (AvgIpc) is 3.27. The predicted octanol–water partition coefficient (Wildman–Crippen LogP) is 4.34. The maximum Gasteiger partial charge on any atom is 0.226 e. The van der Waals surface area contributed by atoms with Crippen molar-refractivity contribution in [2.45, 2.75) is 38.1 Å². The number of furan rings is 1. The lowest BCUT2D eigenvalue weighted by Gasteiger charge is -2.11. The first-order valence-electron chi connectivity index (χ1n) is 9.33. The molecule has 0 aliphatic rings. The summed E-state index contributed by atoms with van der Waals surface area (Å²) in [5.74, 6) is 1.30. The summed E-state index contributed by atoms with van der Waals surface area (Å²) in [6.45, 7) is 7.38. The fraction of sp³-hybridized carbons (Fsp3) is 0.333. The van der Waals surface area contributed by atoms with E-state index in [9.17, 15) is 9.59 Å². The summed E-state index contributed by atoms with van der Waals surface area (Å²) in [4.78, 5) is 24.6. The maximum atomic E-state index is 12.8. The Labute approximate surface area is 173 Å². The molecular formula is C21H24N4O3S. The minimum atomic E-state index is -0.340. The number of ketones is 1. The Balaban J connectivity index is 1.69. The van der Waals surface area contributed by atoms with Crippen molar-refractivity contribution in [3.8, 4) is 11.4 Å². The van der Waals surface area contributed by atoms with Gasteiger partial charge in [-0.2, -0.15) is 0 Å². The number of hydrogen-bond acceptors (Lipinski definition) is 6. The largest absolute Gasteiger partial charge is 0.469 e. The van der Waals surface area contributed by atoms with E-state index in [1.165, 1.54) is 11.8 Å². The van der Waals surface area contributed by atoms with Crippen molar-refractivity contribution in [2.75, 3.05) is 5.32 Å². The van der Waals surface area contributed by atoms with Crippen molar-refractivity contribution in [2.24, 2.45) is 13.0 Å². The van der Waals surface area contributed by atoms with E-state index in [0.29, 0.717) is 22.2 Å². The van der Waals surface area contributed by atoms with Gasteiger partial charge in [-0.3, -0.25) is 9.59 Å². The van der Waals surface area contributed by atoms with Crippen LogP contribution in [0.3, 0.4) is 0 Å². The summed E-state index contributed by atoms with van der Waals surface area (Å²) in [5, 5.41) is 11.6. The van der Waals surface area contributed by atoms with Gasteiger partial charge in [0.2, 0.25) is 5.91 Å². The molecule has 0 aliphatic heterocycles. The van der Waals surface area contributed by atoms with Gasteiger partial charge in [-0.05, 0) is 44.2 Å².